The second-order valence-corrected chi connectivity index (χ2v) is 10.9. The molecule has 1 amide bonds. The van der Waals surface area contributed by atoms with E-state index in [4.69, 9.17) is 22.2 Å². The van der Waals surface area contributed by atoms with Crippen molar-refractivity contribution in [3.63, 3.8) is 0 Å². The number of benzene rings is 3. The monoisotopic (exact) mass is 560 g/mol. The summed E-state index contributed by atoms with van der Waals surface area (Å²) in [5.74, 6) is 5.34. The fraction of sp³-hybridized carbons (Fsp3) is 0.269. The van der Waals surface area contributed by atoms with Gasteiger partial charge in [-0.15, -0.1) is 0 Å². The van der Waals surface area contributed by atoms with Gasteiger partial charge in [-0.25, -0.2) is 24.1 Å². The number of sulfone groups is 1. The molecule has 0 aliphatic carbocycles. The molecule has 0 aromatic heterocycles. The van der Waals surface area contributed by atoms with Crippen LogP contribution in [-0.2, 0) is 14.6 Å². The van der Waals surface area contributed by atoms with Gasteiger partial charge in [0, 0.05) is 29.9 Å². The maximum Gasteiger partial charge on any atom is 0.429 e. The third-order valence-electron chi connectivity index (χ3n) is 6.03. The molecule has 3 rings (SSSR count). The fourth-order valence-corrected chi connectivity index (χ4v) is 5.54. The van der Waals surface area contributed by atoms with E-state index in [1.165, 1.54) is 48.5 Å². The van der Waals surface area contributed by atoms with Crippen LogP contribution in [0.3, 0.4) is 0 Å². The Morgan fingerprint density at radius 2 is 1.71 bits per heavy atom. The summed E-state index contributed by atoms with van der Waals surface area (Å²) in [6.45, 7) is 7.42. The van der Waals surface area contributed by atoms with Gasteiger partial charge < -0.3 is 9.64 Å². The zero-order chi connectivity index (χ0) is 28.0. The minimum absolute atomic E-state index is 0.0750. The van der Waals surface area contributed by atoms with Crippen molar-refractivity contribution in [3.8, 4) is 0 Å². The Morgan fingerprint density at radius 1 is 1.08 bits per heavy atom. The minimum atomic E-state index is -4.06. The lowest BCUT2D eigenvalue weighted by Crippen LogP contribution is -2.40. The van der Waals surface area contributed by atoms with Crippen LogP contribution in [0.25, 0.3) is 0 Å². The van der Waals surface area contributed by atoms with E-state index in [-0.39, 0.29) is 16.1 Å². The smallest absolute Gasteiger partial charge is 0.429 e. The molecule has 0 saturated heterocycles. The van der Waals surface area contributed by atoms with Crippen molar-refractivity contribution in [2.45, 2.75) is 31.8 Å². The molecule has 3 aromatic rings. The lowest BCUT2D eigenvalue weighted by Gasteiger charge is -2.25. The van der Waals surface area contributed by atoms with Gasteiger partial charge in [-0.2, -0.15) is 0 Å². The summed E-state index contributed by atoms with van der Waals surface area (Å²) in [5.41, 5.74) is 1.51. The second kappa shape index (κ2) is 12.2. The molecule has 0 aliphatic heterocycles. The molecule has 10 nitrogen and oxygen atoms in total. The molecule has 12 heteroatoms. The van der Waals surface area contributed by atoms with E-state index in [1.54, 1.807) is 13.0 Å². The molecule has 3 aromatic carbocycles. The van der Waals surface area contributed by atoms with Crippen molar-refractivity contribution in [1.29, 1.82) is 0 Å². The Hall–Kier alpha value is -3.67. The zero-order valence-corrected chi connectivity index (χ0v) is 22.8. The van der Waals surface area contributed by atoms with E-state index >= 15 is 0 Å². The highest BCUT2D eigenvalue weighted by Crippen LogP contribution is 2.32. The number of rotatable bonds is 10. The van der Waals surface area contributed by atoms with Gasteiger partial charge in [-0.05, 0) is 74.9 Å². The van der Waals surface area contributed by atoms with Crippen LogP contribution in [0.4, 0.5) is 21.9 Å². The van der Waals surface area contributed by atoms with E-state index < -0.39 is 32.7 Å². The quantitative estimate of drug-likeness (QED) is 0.150. The van der Waals surface area contributed by atoms with Crippen molar-refractivity contribution >= 4 is 44.6 Å². The van der Waals surface area contributed by atoms with E-state index in [1.807, 2.05) is 26.0 Å². The van der Waals surface area contributed by atoms with Gasteiger partial charge in [0.25, 0.3) is 5.69 Å². The summed E-state index contributed by atoms with van der Waals surface area (Å²) in [6.07, 6.45) is -2.59. The number of halogens is 1. The zero-order valence-electron chi connectivity index (χ0n) is 21.2. The summed E-state index contributed by atoms with van der Waals surface area (Å²) in [7, 11) is -4.06. The van der Waals surface area contributed by atoms with Crippen LogP contribution in [0, 0.1) is 17.0 Å². The summed E-state index contributed by atoms with van der Waals surface area (Å²) < 4.78 is 31.9. The Kier molecular flexibility index (Phi) is 9.31. The number of ether oxygens (including phenoxy) is 1. The lowest BCUT2D eigenvalue weighted by molar-refractivity contribution is -0.386. The average molecular weight is 561 g/mol. The molecule has 2 N–H and O–H groups in total. The molecular weight excluding hydrogens is 532 g/mol. The minimum Gasteiger partial charge on any atom is -0.439 e. The van der Waals surface area contributed by atoms with Gasteiger partial charge in [0.05, 0.1) is 26.8 Å². The number of aryl methyl sites for hydroxylation is 1. The van der Waals surface area contributed by atoms with Crippen LogP contribution in [0.15, 0.2) is 71.6 Å². The number of hydrogen-bond acceptors (Lipinski definition) is 8. The number of carbonyl (C=O) groups is 1. The van der Waals surface area contributed by atoms with Gasteiger partial charge in [0.2, 0.25) is 0 Å². The van der Waals surface area contributed by atoms with Crippen LogP contribution in [0.1, 0.15) is 31.1 Å². The molecule has 202 valence electrons. The van der Waals surface area contributed by atoms with Gasteiger partial charge in [0.1, 0.15) is 6.10 Å². The molecule has 0 fully saturated rings. The average Bonchev–Trinajstić information content (AvgIpc) is 2.88. The number of nitrogens with two attached hydrogens (primary N) is 1. The predicted octanol–water partition coefficient (Wildman–Crippen LogP) is 5.43. The van der Waals surface area contributed by atoms with Crippen molar-refractivity contribution in [3.05, 3.63) is 93.0 Å². The SMILES string of the molecule is CCN(CC)c1ccc(N(N)C(=O)OC(CS(=O)(=O)c2ccc(Cl)cc2)c2ccccc2[N+](=O)[O-])c(C)c1. The number of carbonyl (C=O) groups excluding carboxylic acids is 1. The number of hydrogen-bond donors (Lipinski definition) is 1. The highest BCUT2D eigenvalue weighted by Gasteiger charge is 2.32. The highest BCUT2D eigenvalue weighted by molar-refractivity contribution is 7.91. The summed E-state index contributed by atoms with van der Waals surface area (Å²) in [5, 5.41) is 12.8. The molecule has 1 atom stereocenters. The lowest BCUT2D eigenvalue weighted by atomic mass is 10.1. The molecule has 0 saturated carbocycles. The number of amides is 1. The first kappa shape index (κ1) is 28.9. The first-order valence-corrected chi connectivity index (χ1v) is 13.8. The number of para-hydroxylation sites is 1. The van der Waals surface area contributed by atoms with E-state index in [0.717, 1.165) is 23.8 Å². The number of nitro groups is 1. The molecule has 38 heavy (non-hydrogen) atoms. The topological polar surface area (TPSA) is 136 Å². The van der Waals surface area contributed by atoms with Crippen LogP contribution < -0.4 is 15.8 Å². The normalized spacial score (nSPS) is 12.0. The fourth-order valence-electron chi connectivity index (χ4n) is 4.02. The molecule has 0 radical (unpaired) electrons. The van der Waals surface area contributed by atoms with E-state index in [0.29, 0.717) is 16.3 Å². The van der Waals surface area contributed by atoms with Gasteiger partial charge in [-0.1, -0.05) is 23.7 Å². The maximum atomic E-state index is 13.2. The predicted molar refractivity (Wildman–Crippen MR) is 147 cm³/mol. The Balaban J connectivity index is 1.96. The van der Waals surface area contributed by atoms with Crippen LogP contribution in [0.5, 0.6) is 0 Å². The van der Waals surface area contributed by atoms with Gasteiger partial charge in [0.15, 0.2) is 9.84 Å². The van der Waals surface area contributed by atoms with Crippen molar-refractivity contribution in [2.75, 3.05) is 28.8 Å². The summed E-state index contributed by atoms with van der Waals surface area (Å²) in [4.78, 5) is 26.2. The molecule has 1 unspecified atom stereocenters. The Labute approximate surface area is 226 Å². The van der Waals surface area contributed by atoms with Gasteiger partial charge >= 0.3 is 6.09 Å². The highest BCUT2D eigenvalue weighted by atomic mass is 35.5. The van der Waals surface area contributed by atoms with Crippen LogP contribution >= 0.6 is 11.6 Å². The summed E-state index contributed by atoms with van der Waals surface area (Å²) >= 11 is 5.88. The molecule has 0 heterocycles. The summed E-state index contributed by atoms with van der Waals surface area (Å²) in [6, 6.07) is 16.3. The first-order valence-electron chi connectivity index (χ1n) is 11.8. The molecule has 0 aliphatic rings. The maximum absolute atomic E-state index is 13.2. The molecule has 0 spiro atoms. The number of nitro benzene ring substituents is 1. The Bertz CT molecular complexity index is 1410. The number of nitrogens with zero attached hydrogens (tertiary/aromatic N) is 3. The molecule has 0 bridgehead atoms. The third-order valence-corrected chi connectivity index (χ3v) is 8.02. The van der Waals surface area contributed by atoms with Crippen LogP contribution in [0.2, 0.25) is 5.02 Å². The van der Waals surface area contributed by atoms with E-state index in [2.05, 4.69) is 4.90 Å². The first-order chi connectivity index (χ1) is 18.0. The van der Waals surface area contributed by atoms with Crippen molar-refractivity contribution in [1.82, 2.24) is 0 Å². The second-order valence-electron chi connectivity index (χ2n) is 8.44. The largest absolute Gasteiger partial charge is 0.439 e. The standard InChI is InChI=1S/C26H29ClN4O6S/c1-4-29(5-2)20-12-15-23(18(3)16-20)30(28)26(32)37-25(22-8-6-7-9-24(22)31(33)34)17-38(35,36)21-13-10-19(27)11-14-21/h6-16,25H,4-5,17,28H2,1-3H3. The van der Waals surface area contributed by atoms with Crippen LogP contribution in [-0.4, -0.2) is 38.3 Å². The van der Waals surface area contributed by atoms with Crippen molar-refractivity contribution in [2.24, 2.45) is 5.84 Å². The number of hydrazine groups is 1. The number of anilines is 2. The van der Waals surface area contributed by atoms with Gasteiger partial charge in [-0.3, -0.25) is 10.1 Å². The Morgan fingerprint density at radius 3 is 2.29 bits per heavy atom. The third kappa shape index (κ3) is 6.60. The van der Waals surface area contributed by atoms with E-state index in [9.17, 15) is 23.3 Å². The molecular formula is C26H29ClN4O6S. The van der Waals surface area contributed by atoms with Crippen molar-refractivity contribution < 1.29 is 22.9 Å².